The number of hydrogen-bond acceptors (Lipinski definition) is 2. The standard InChI is InChI=1S/C15H19F2N3/c1-2-3-15(4-6-18-7-5-15)14-19-12-8-10(16)11(17)9-13(12)20-14/h8-9,18H,2-7H2,1H3,(H,19,20). The Bertz CT molecular complexity index is 570. The van der Waals surface area contributed by atoms with Gasteiger partial charge < -0.3 is 10.3 Å². The summed E-state index contributed by atoms with van der Waals surface area (Å²) in [6.45, 7) is 4.07. The van der Waals surface area contributed by atoms with E-state index in [-0.39, 0.29) is 5.41 Å². The topological polar surface area (TPSA) is 40.7 Å². The average molecular weight is 279 g/mol. The van der Waals surface area contributed by atoms with E-state index in [0.29, 0.717) is 11.0 Å². The molecule has 0 bridgehead atoms. The fourth-order valence-corrected chi connectivity index (χ4v) is 3.25. The van der Waals surface area contributed by atoms with Gasteiger partial charge in [0, 0.05) is 17.5 Å². The number of imidazole rings is 1. The smallest absolute Gasteiger partial charge is 0.161 e. The van der Waals surface area contributed by atoms with Crippen molar-refractivity contribution in [2.45, 2.75) is 38.0 Å². The van der Waals surface area contributed by atoms with Gasteiger partial charge in [0.15, 0.2) is 11.6 Å². The number of piperidine rings is 1. The summed E-state index contributed by atoms with van der Waals surface area (Å²) in [5.41, 5.74) is 1.09. The quantitative estimate of drug-likeness (QED) is 0.905. The summed E-state index contributed by atoms with van der Waals surface area (Å²) in [4.78, 5) is 7.75. The Morgan fingerprint density at radius 1 is 1.20 bits per heavy atom. The molecule has 1 aliphatic heterocycles. The molecule has 1 aromatic heterocycles. The minimum Gasteiger partial charge on any atom is -0.341 e. The van der Waals surface area contributed by atoms with Crippen molar-refractivity contribution < 1.29 is 8.78 Å². The number of hydrogen-bond donors (Lipinski definition) is 2. The normalized spacial score (nSPS) is 18.6. The van der Waals surface area contributed by atoms with Gasteiger partial charge in [-0.3, -0.25) is 0 Å². The molecule has 1 saturated heterocycles. The van der Waals surface area contributed by atoms with Crippen LogP contribution in [0.4, 0.5) is 8.78 Å². The molecule has 20 heavy (non-hydrogen) atoms. The molecule has 2 aromatic rings. The number of nitrogens with one attached hydrogen (secondary N) is 2. The molecule has 0 saturated carbocycles. The maximum absolute atomic E-state index is 13.3. The van der Waals surface area contributed by atoms with Gasteiger partial charge in [-0.2, -0.15) is 0 Å². The largest absolute Gasteiger partial charge is 0.341 e. The Hall–Kier alpha value is -1.49. The second kappa shape index (κ2) is 5.13. The van der Waals surface area contributed by atoms with Crippen LogP contribution in [0.3, 0.4) is 0 Å². The first-order valence-electron chi connectivity index (χ1n) is 7.20. The van der Waals surface area contributed by atoms with Crippen LogP contribution >= 0.6 is 0 Å². The highest BCUT2D eigenvalue weighted by Gasteiger charge is 2.35. The number of nitrogens with zero attached hydrogens (tertiary/aromatic N) is 1. The van der Waals surface area contributed by atoms with Crippen LogP contribution in [-0.4, -0.2) is 23.1 Å². The van der Waals surface area contributed by atoms with Crippen LogP contribution in [0.1, 0.15) is 38.4 Å². The van der Waals surface area contributed by atoms with E-state index in [4.69, 9.17) is 0 Å². The average Bonchev–Trinajstić information content (AvgIpc) is 2.84. The van der Waals surface area contributed by atoms with Crippen LogP contribution in [0, 0.1) is 11.6 Å². The van der Waals surface area contributed by atoms with E-state index in [0.717, 1.165) is 44.6 Å². The van der Waals surface area contributed by atoms with Gasteiger partial charge in [0.25, 0.3) is 0 Å². The van der Waals surface area contributed by atoms with Crippen molar-refractivity contribution in [3.05, 3.63) is 29.6 Å². The predicted molar refractivity (Wildman–Crippen MR) is 74.7 cm³/mol. The third kappa shape index (κ3) is 2.20. The second-order valence-electron chi connectivity index (χ2n) is 5.65. The molecule has 3 rings (SSSR count). The van der Waals surface area contributed by atoms with Crippen molar-refractivity contribution in [1.82, 2.24) is 15.3 Å². The Morgan fingerprint density at radius 3 is 2.60 bits per heavy atom. The van der Waals surface area contributed by atoms with Crippen molar-refractivity contribution in [2.75, 3.05) is 13.1 Å². The highest BCUT2D eigenvalue weighted by atomic mass is 19.2. The molecule has 0 amide bonds. The van der Waals surface area contributed by atoms with Crippen LogP contribution < -0.4 is 5.32 Å². The second-order valence-corrected chi connectivity index (χ2v) is 5.65. The van der Waals surface area contributed by atoms with Gasteiger partial charge in [-0.05, 0) is 32.4 Å². The van der Waals surface area contributed by atoms with Crippen LogP contribution in [0.2, 0.25) is 0 Å². The molecule has 2 N–H and O–H groups in total. The Balaban J connectivity index is 2.06. The van der Waals surface area contributed by atoms with Crippen molar-refractivity contribution in [3.63, 3.8) is 0 Å². The minimum absolute atomic E-state index is 0.00592. The molecule has 1 aliphatic rings. The zero-order chi connectivity index (χ0) is 14.2. The zero-order valence-electron chi connectivity index (χ0n) is 11.6. The number of benzene rings is 1. The third-order valence-corrected chi connectivity index (χ3v) is 4.32. The first kappa shape index (κ1) is 13.5. The lowest BCUT2D eigenvalue weighted by molar-refractivity contribution is 0.273. The molecular formula is C15H19F2N3. The lowest BCUT2D eigenvalue weighted by atomic mass is 9.75. The van der Waals surface area contributed by atoms with Crippen LogP contribution in [0.5, 0.6) is 0 Å². The van der Waals surface area contributed by atoms with Crippen molar-refractivity contribution >= 4 is 11.0 Å². The Kier molecular flexibility index (Phi) is 3.46. The van der Waals surface area contributed by atoms with Gasteiger partial charge in [-0.15, -0.1) is 0 Å². The molecule has 2 heterocycles. The zero-order valence-corrected chi connectivity index (χ0v) is 11.6. The first-order valence-corrected chi connectivity index (χ1v) is 7.20. The predicted octanol–water partition coefficient (Wildman–Crippen LogP) is 3.26. The number of halogens is 2. The Morgan fingerprint density at radius 2 is 1.90 bits per heavy atom. The van der Waals surface area contributed by atoms with Crippen molar-refractivity contribution in [1.29, 1.82) is 0 Å². The summed E-state index contributed by atoms with van der Waals surface area (Å²) >= 11 is 0. The van der Waals surface area contributed by atoms with E-state index < -0.39 is 11.6 Å². The SMILES string of the molecule is CCCC1(c2nc3cc(F)c(F)cc3[nH]2)CCNCC1. The van der Waals surface area contributed by atoms with Gasteiger partial charge in [-0.25, -0.2) is 13.8 Å². The highest BCUT2D eigenvalue weighted by Crippen LogP contribution is 2.37. The van der Waals surface area contributed by atoms with Crippen LogP contribution in [0.15, 0.2) is 12.1 Å². The van der Waals surface area contributed by atoms with Crippen molar-refractivity contribution in [3.8, 4) is 0 Å². The lowest BCUT2D eigenvalue weighted by Crippen LogP contribution is -2.40. The first-order chi connectivity index (χ1) is 9.64. The molecule has 0 radical (unpaired) electrons. The van der Waals surface area contributed by atoms with E-state index in [1.807, 2.05) is 0 Å². The van der Waals surface area contributed by atoms with Gasteiger partial charge in [0.05, 0.1) is 11.0 Å². The maximum atomic E-state index is 13.3. The van der Waals surface area contributed by atoms with Gasteiger partial charge in [0.2, 0.25) is 0 Å². The molecule has 108 valence electrons. The summed E-state index contributed by atoms with van der Waals surface area (Å²) in [6.07, 6.45) is 4.12. The van der Waals surface area contributed by atoms with E-state index in [1.54, 1.807) is 0 Å². The number of fused-ring (bicyclic) bond motifs is 1. The van der Waals surface area contributed by atoms with Gasteiger partial charge in [0.1, 0.15) is 5.82 Å². The maximum Gasteiger partial charge on any atom is 0.161 e. The molecule has 0 unspecified atom stereocenters. The minimum atomic E-state index is -0.842. The summed E-state index contributed by atoms with van der Waals surface area (Å²) in [7, 11) is 0. The van der Waals surface area contributed by atoms with Gasteiger partial charge >= 0.3 is 0 Å². The molecule has 1 fully saturated rings. The molecule has 0 aliphatic carbocycles. The molecule has 0 spiro atoms. The third-order valence-electron chi connectivity index (χ3n) is 4.32. The molecule has 0 atom stereocenters. The Labute approximate surface area is 116 Å². The molecule has 1 aromatic carbocycles. The fraction of sp³-hybridized carbons (Fsp3) is 0.533. The molecular weight excluding hydrogens is 260 g/mol. The van der Waals surface area contributed by atoms with E-state index >= 15 is 0 Å². The molecule has 5 heteroatoms. The highest BCUT2D eigenvalue weighted by molar-refractivity contribution is 5.75. The summed E-state index contributed by atoms with van der Waals surface area (Å²) in [5.74, 6) is -0.797. The van der Waals surface area contributed by atoms with Gasteiger partial charge in [-0.1, -0.05) is 13.3 Å². The van der Waals surface area contributed by atoms with Crippen LogP contribution in [-0.2, 0) is 5.41 Å². The number of rotatable bonds is 3. The number of H-pyrrole nitrogens is 1. The lowest BCUT2D eigenvalue weighted by Gasteiger charge is -2.35. The summed E-state index contributed by atoms with van der Waals surface area (Å²) in [5, 5.41) is 3.36. The van der Waals surface area contributed by atoms with E-state index in [1.165, 1.54) is 12.1 Å². The molecule has 3 nitrogen and oxygen atoms in total. The monoisotopic (exact) mass is 279 g/mol. The van der Waals surface area contributed by atoms with Crippen molar-refractivity contribution in [2.24, 2.45) is 0 Å². The van der Waals surface area contributed by atoms with E-state index in [9.17, 15) is 8.78 Å². The summed E-state index contributed by atoms with van der Waals surface area (Å²) < 4.78 is 26.6. The van der Waals surface area contributed by atoms with Crippen LogP contribution in [0.25, 0.3) is 11.0 Å². The number of aromatic amines is 1. The van der Waals surface area contributed by atoms with E-state index in [2.05, 4.69) is 22.2 Å². The summed E-state index contributed by atoms with van der Waals surface area (Å²) in [6, 6.07) is 2.37. The fourth-order valence-electron chi connectivity index (χ4n) is 3.25. The number of aromatic nitrogens is 2.